The summed E-state index contributed by atoms with van der Waals surface area (Å²) in [6.45, 7) is 0. The molecule has 0 amide bonds. The number of hydrogen-bond donors (Lipinski definition) is 0. The number of benzene rings is 2. The molecule has 0 N–H and O–H groups in total. The molecule has 0 radical (unpaired) electrons. The minimum atomic E-state index is -5.67. The molecule has 0 unspecified atom stereocenters. The second kappa shape index (κ2) is 5.91. The van der Waals surface area contributed by atoms with Gasteiger partial charge in [0.05, 0.1) is 0 Å². The van der Waals surface area contributed by atoms with Crippen molar-refractivity contribution in [3.8, 4) is 0 Å². The molecule has 0 saturated carbocycles. The van der Waals surface area contributed by atoms with Gasteiger partial charge in [-0.2, -0.15) is 26.3 Å². The maximum atomic E-state index is 14.0. The van der Waals surface area contributed by atoms with Crippen LogP contribution in [0.1, 0.15) is 11.1 Å². The van der Waals surface area contributed by atoms with Gasteiger partial charge in [-0.1, -0.05) is 47.5 Å². The zero-order chi connectivity index (χ0) is 17.5. The Morgan fingerprint density at radius 2 is 0.783 bits per heavy atom. The molecule has 0 aliphatic carbocycles. The van der Waals surface area contributed by atoms with Crippen LogP contribution in [0.5, 0.6) is 0 Å². The molecule has 0 saturated heterocycles. The Labute approximate surface area is 137 Å². The van der Waals surface area contributed by atoms with Gasteiger partial charge in [0.2, 0.25) is 0 Å². The van der Waals surface area contributed by atoms with Crippen LogP contribution in [0.3, 0.4) is 0 Å². The molecule has 0 aliphatic heterocycles. The highest BCUT2D eigenvalue weighted by Gasteiger charge is 2.72. The van der Waals surface area contributed by atoms with E-state index in [2.05, 4.69) is 0 Å². The molecular weight excluding hydrogens is 365 g/mol. The molecule has 0 spiro atoms. The monoisotopic (exact) mass is 372 g/mol. The number of rotatable bonds is 4. The van der Waals surface area contributed by atoms with Crippen molar-refractivity contribution in [2.75, 3.05) is 0 Å². The van der Waals surface area contributed by atoms with E-state index in [0.29, 0.717) is 24.3 Å². The van der Waals surface area contributed by atoms with E-state index in [9.17, 15) is 26.3 Å². The van der Waals surface area contributed by atoms with Crippen LogP contribution < -0.4 is 0 Å². The van der Waals surface area contributed by atoms with E-state index >= 15 is 0 Å². The fraction of sp³-hybridized carbons (Fsp3) is 0.200. The summed E-state index contributed by atoms with van der Waals surface area (Å²) >= 11 is 11.0. The van der Waals surface area contributed by atoms with E-state index in [1.807, 2.05) is 0 Å². The van der Waals surface area contributed by atoms with Crippen molar-refractivity contribution in [3.05, 3.63) is 69.7 Å². The molecule has 2 aromatic rings. The zero-order valence-corrected chi connectivity index (χ0v) is 12.7. The summed E-state index contributed by atoms with van der Waals surface area (Å²) in [6.07, 6.45) is 0. The summed E-state index contributed by atoms with van der Waals surface area (Å²) in [7, 11) is 0. The van der Waals surface area contributed by atoms with Crippen LogP contribution in [0.15, 0.2) is 48.5 Å². The Bertz CT molecular complexity index is 621. The summed E-state index contributed by atoms with van der Waals surface area (Å²) in [5, 5.41) is 0.0228. The van der Waals surface area contributed by atoms with Gasteiger partial charge in [-0.25, -0.2) is 0 Å². The summed E-state index contributed by atoms with van der Waals surface area (Å²) in [4.78, 5) is 0. The molecule has 0 atom stereocenters. The molecule has 0 heterocycles. The first-order valence-electron chi connectivity index (χ1n) is 6.15. The SMILES string of the molecule is FC(F)(c1ccc(Cl)cc1)C(F)(F)C(F)(F)c1ccc(Cl)cc1. The van der Waals surface area contributed by atoms with Gasteiger partial charge in [-0.05, 0) is 24.3 Å². The van der Waals surface area contributed by atoms with E-state index in [0.717, 1.165) is 24.3 Å². The second-order valence-electron chi connectivity index (χ2n) is 4.74. The topological polar surface area (TPSA) is 0 Å². The van der Waals surface area contributed by atoms with Crippen LogP contribution >= 0.6 is 23.2 Å². The highest BCUT2D eigenvalue weighted by atomic mass is 35.5. The van der Waals surface area contributed by atoms with Crippen LogP contribution in [0.4, 0.5) is 26.3 Å². The lowest BCUT2D eigenvalue weighted by Gasteiger charge is -2.33. The van der Waals surface area contributed by atoms with E-state index in [4.69, 9.17) is 23.2 Å². The van der Waals surface area contributed by atoms with Crippen molar-refractivity contribution >= 4 is 23.2 Å². The molecule has 0 aromatic heterocycles. The molecule has 0 fully saturated rings. The normalized spacial score (nSPS) is 13.2. The molecule has 0 aliphatic rings. The summed E-state index contributed by atoms with van der Waals surface area (Å²) in [5.41, 5.74) is -2.53. The van der Waals surface area contributed by atoms with Crippen molar-refractivity contribution in [2.45, 2.75) is 17.8 Å². The minimum absolute atomic E-state index is 0.0114. The average molecular weight is 373 g/mol. The lowest BCUT2D eigenvalue weighted by Crippen LogP contribution is -2.50. The van der Waals surface area contributed by atoms with Crippen LogP contribution in [0, 0.1) is 0 Å². The summed E-state index contributed by atoms with van der Waals surface area (Å²) in [5.74, 6) is -15.9. The molecule has 124 valence electrons. The van der Waals surface area contributed by atoms with Crippen LogP contribution in [0.2, 0.25) is 10.0 Å². The predicted octanol–water partition coefficient (Wildman–Crippen LogP) is 6.51. The van der Waals surface area contributed by atoms with E-state index < -0.39 is 28.9 Å². The Morgan fingerprint density at radius 1 is 0.522 bits per heavy atom. The van der Waals surface area contributed by atoms with Gasteiger partial charge in [0.25, 0.3) is 0 Å². The van der Waals surface area contributed by atoms with E-state index in [-0.39, 0.29) is 10.0 Å². The molecular formula is C15H8Cl2F6. The molecule has 0 nitrogen and oxygen atoms in total. The third-order valence-corrected chi connectivity index (χ3v) is 3.71. The molecule has 2 aromatic carbocycles. The number of hydrogen-bond acceptors (Lipinski definition) is 0. The Balaban J connectivity index is 2.49. The van der Waals surface area contributed by atoms with Gasteiger partial charge in [-0.15, -0.1) is 0 Å². The lowest BCUT2D eigenvalue weighted by molar-refractivity contribution is -0.321. The standard InChI is InChI=1S/C15H8Cl2F6/c16-11-5-1-9(2-6-11)13(18,19)15(22,23)14(20,21)10-3-7-12(17)8-4-10/h1-8H. The fourth-order valence-corrected chi connectivity index (χ4v) is 2.13. The van der Waals surface area contributed by atoms with Crippen molar-refractivity contribution in [1.82, 2.24) is 0 Å². The largest absolute Gasteiger partial charge is 0.380 e. The highest BCUT2D eigenvalue weighted by Crippen LogP contribution is 2.55. The summed E-state index contributed by atoms with van der Waals surface area (Å²) < 4.78 is 84.1. The third kappa shape index (κ3) is 3.02. The maximum Gasteiger partial charge on any atom is 0.380 e. The fourth-order valence-electron chi connectivity index (χ4n) is 1.88. The molecule has 23 heavy (non-hydrogen) atoms. The Hall–Kier alpha value is -1.40. The summed E-state index contributed by atoms with van der Waals surface area (Å²) in [6, 6.07) is 5.98. The Kier molecular flexibility index (Phi) is 4.61. The van der Waals surface area contributed by atoms with Crippen molar-refractivity contribution < 1.29 is 26.3 Å². The van der Waals surface area contributed by atoms with E-state index in [1.54, 1.807) is 0 Å². The smallest absolute Gasteiger partial charge is 0.194 e. The number of alkyl halides is 6. The van der Waals surface area contributed by atoms with Gasteiger partial charge < -0.3 is 0 Å². The molecule has 2 rings (SSSR count). The maximum absolute atomic E-state index is 14.0. The molecule has 8 heteroatoms. The molecule has 0 bridgehead atoms. The first-order valence-corrected chi connectivity index (χ1v) is 6.91. The third-order valence-electron chi connectivity index (χ3n) is 3.20. The van der Waals surface area contributed by atoms with Crippen LogP contribution in [-0.4, -0.2) is 5.92 Å². The first-order chi connectivity index (χ1) is 10.5. The van der Waals surface area contributed by atoms with E-state index in [1.165, 1.54) is 0 Å². The van der Waals surface area contributed by atoms with Crippen LogP contribution in [0.25, 0.3) is 0 Å². The first kappa shape index (κ1) is 17.9. The van der Waals surface area contributed by atoms with Gasteiger partial charge in [0, 0.05) is 21.2 Å². The van der Waals surface area contributed by atoms with Gasteiger partial charge in [-0.3, -0.25) is 0 Å². The van der Waals surface area contributed by atoms with Crippen molar-refractivity contribution in [1.29, 1.82) is 0 Å². The van der Waals surface area contributed by atoms with Gasteiger partial charge >= 0.3 is 17.8 Å². The lowest BCUT2D eigenvalue weighted by atomic mass is 9.93. The minimum Gasteiger partial charge on any atom is -0.194 e. The van der Waals surface area contributed by atoms with Gasteiger partial charge in [0.15, 0.2) is 0 Å². The quantitative estimate of drug-likeness (QED) is 0.536. The second-order valence-corrected chi connectivity index (χ2v) is 5.61. The average Bonchev–Trinajstić information content (AvgIpc) is 2.47. The number of halogens is 8. The van der Waals surface area contributed by atoms with Crippen molar-refractivity contribution in [2.24, 2.45) is 0 Å². The predicted molar refractivity (Wildman–Crippen MR) is 75.6 cm³/mol. The zero-order valence-electron chi connectivity index (χ0n) is 11.1. The van der Waals surface area contributed by atoms with Crippen LogP contribution in [-0.2, 0) is 11.8 Å². The Morgan fingerprint density at radius 3 is 1.04 bits per heavy atom. The highest BCUT2D eigenvalue weighted by molar-refractivity contribution is 6.30. The van der Waals surface area contributed by atoms with Gasteiger partial charge in [0.1, 0.15) is 0 Å². The van der Waals surface area contributed by atoms with Crippen molar-refractivity contribution in [3.63, 3.8) is 0 Å².